The molecule has 2 amide bonds. The zero-order valence-electron chi connectivity index (χ0n) is 18.5. The number of hydrogen-bond donors (Lipinski definition) is 2. The Morgan fingerprint density at radius 2 is 2.03 bits per heavy atom. The quantitative estimate of drug-likeness (QED) is 0.485. The van der Waals surface area contributed by atoms with E-state index in [4.69, 9.17) is 21.3 Å². The fraction of sp³-hybridized carbons (Fsp3) is 0.318. The average Bonchev–Trinajstić information content (AvgIpc) is 3.51. The molecule has 2 N–H and O–H groups in total. The molecule has 1 saturated heterocycles. The van der Waals surface area contributed by atoms with Gasteiger partial charge in [0, 0.05) is 29.2 Å². The number of carbonyl (C=O) groups excluding carboxylic acids is 2. The van der Waals surface area contributed by atoms with Crippen molar-refractivity contribution in [3.63, 3.8) is 0 Å². The zero-order valence-corrected chi connectivity index (χ0v) is 20.9. The Hall–Kier alpha value is -2.87. The second-order valence-corrected chi connectivity index (χ2v) is 10.4. The van der Waals surface area contributed by atoms with Gasteiger partial charge in [0.05, 0.1) is 17.8 Å². The van der Waals surface area contributed by atoms with Crippen LogP contribution in [0.25, 0.3) is 0 Å². The lowest BCUT2D eigenvalue weighted by molar-refractivity contribution is 0.00436. The van der Waals surface area contributed by atoms with Crippen molar-refractivity contribution >= 4 is 57.5 Å². The summed E-state index contributed by atoms with van der Waals surface area (Å²) in [7, 11) is 0. The Bertz CT molecular complexity index is 1320. The van der Waals surface area contributed by atoms with Gasteiger partial charge in [-0.05, 0) is 18.6 Å². The summed E-state index contributed by atoms with van der Waals surface area (Å²) in [6.07, 6.45) is 1.65. The molecule has 188 valence electrons. The number of ether oxygens (including phenoxy) is 1. The van der Waals surface area contributed by atoms with E-state index in [-0.39, 0.29) is 35.0 Å². The molecule has 9 nitrogen and oxygen atoms in total. The molecule has 3 aromatic rings. The van der Waals surface area contributed by atoms with Gasteiger partial charge in [-0.3, -0.25) is 9.59 Å². The fourth-order valence-corrected chi connectivity index (χ4v) is 6.36. The Labute approximate surface area is 217 Å². The normalized spacial score (nSPS) is 21.6. The lowest BCUT2D eigenvalue weighted by Crippen LogP contribution is -2.48. The number of nitrogens with one attached hydrogen (secondary N) is 2. The van der Waals surface area contributed by atoms with E-state index < -0.39 is 18.0 Å². The number of amides is 2. The molecule has 1 fully saturated rings. The molecular weight excluding hydrogens is 534 g/mol. The first-order valence-corrected chi connectivity index (χ1v) is 13.1. The van der Waals surface area contributed by atoms with Crippen molar-refractivity contribution in [1.82, 2.24) is 20.1 Å². The molecule has 14 heteroatoms. The highest BCUT2D eigenvalue weighted by atomic mass is 35.5. The van der Waals surface area contributed by atoms with Crippen molar-refractivity contribution in [3.05, 3.63) is 63.2 Å². The smallest absolute Gasteiger partial charge is 0.333 e. The summed E-state index contributed by atoms with van der Waals surface area (Å²) in [5.41, 5.74) is -0.642. The molecule has 2 aliphatic rings. The summed E-state index contributed by atoms with van der Waals surface area (Å²) in [4.78, 5) is 34.7. The summed E-state index contributed by atoms with van der Waals surface area (Å²) in [6, 6.07) is 8.84. The standard InChI is InChI=1S/C22H19ClF2N6O3S2/c23-14-8-31(20(24)25)30-16(14)18(33)26-15-10-35-19(27-15)22-11-34-7-6-13(22)9-36-21(29-22)28-17(32)12-4-2-1-3-5-12/h1-5,8,10,13,20H,6-7,9,11H2,(H,26,33)(H,28,29,32). The first-order chi connectivity index (χ1) is 17.4. The van der Waals surface area contributed by atoms with Crippen molar-refractivity contribution in [2.75, 3.05) is 24.3 Å². The third kappa shape index (κ3) is 4.88. The van der Waals surface area contributed by atoms with Crippen LogP contribution in [-0.2, 0) is 10.3 Å². The number of anilines is 1. The highest BCUT2D eigenvalue weighted by molar-refractivity contribution is 8.13. The van der Waals surface area contributed by atoms with Crippen molar-refractivity contribution in [2.24, 2.45) is 10.9 Å². The van der Waals surface area contributed by atoms with E-state index in [9.17, 15) is 18.4 Å². The molecule has 4 heterocycles. The van der Waals surface area contributed by atoms with Crippen LogP contribution in [-0.4, -0.2) is 50.7 Å². The van der Waals surface area contributed by atoms with Crippen LogP contribution in [0.1, 0.15) is 38.8 Å². The molecule has 0 aliphatic carbocycles. The number of hydrogen-bond acceptors (Lipinski definition) is 8. The maximum Gasteiger partial charge on any atom is 0.333 e. The molecule has 1 aromatic carbocycles. The highest BCUT2D eigenvalue weighted by Gasteiger charge is 2.48. The SMILES string of the molecule is O=C(NC1=NC2(c3nc(NC(=O)c4nn(C(F)F)cc4Cl)cs3)COCCC2CS1)c1ccccc1. The van der Waals surface area contributed by atoms with Gasteiger partial charge in [0.2, 0.25) is 0 Å². The van der Waals surface area contributed by atoms with Crippen LogP contribution >= 0.6 is 34.7 Å². The number of halogens is 3. The maximum atomic E-state index is 12.9. The van der Waals surface area contributed by atoms with E-state index in [0.717, 1.165) is 12.6 Å². The second-order valence-electron chi connectivity index (χ2n) is 8.09. The molecule has 5 rings (SSSR count). The Balaban J connectivity index is 1.39. The molecule has 36 heavy (non-hydrogen) atoms. The number of aliphatic imine (C=N–C) groups is 1. The minimum atomic E-state index is -2.92. The van der Waals surface area contributed by atoms with Crippen molar-refractivity contribution < 1.29 is 23.1 Å². The molecule has 2 unspecified atom stereocenters. The lowest BCUT2D eigenvalue weighted by atomic mass is 9.82. The first kappa shape index (κ1) is 24.8. The van der Waals surface area contributed by atoms with Crippen LogP contribution in [0.15, 0.2) is 46.9 Å². The van der Waals surface area contributed by atoms with Gasteiger partial charge in [-0.2, -0.15) is 13.9 Å². The van der Waals surface area contributed by atoms with Crippen LogP contribution in [0.3, 0.4) is 0 Å². The Morgan fingerprint density at radius 1 is 1.22 bits per heavy atom. The van der Waals surface area contributed by atoms with Gasteiger partial charge in [0.25, 0.3) is 11.8 Å². The number of thioether (sulfide) groups is 1. The third-order valence-electron chi connectivity index (χ3n) is 5.81. The summed E-state index contributed by atoms with van der Waals surface area (Å²) in [5.74, 6) is 0.00594. The molecule has 2 aliphatic heterocycles. The molecule has 0 radical (unpaired) electrons. The average molecular weight is 553 g/mol. The van der Waals surface area contributed by atoms with Gasteiger partial charge in [0.1, 0.15) is 16.4 Å². The minimum absolute atomic E-state index is 0.111. The van der Waals surface area contributed by atoms with Crippen LogP contribution in [0.5, 0.6) is 0 Å². The van der Waals surface area contributed by atoms with Gasteiger partial charge >= 0.3 is 6.55 Å². The van der Waals surface area contributed by atoms with E-state index in [1.165, 1.54) is 23.1 Å². The molecular formula is C22H19ClF2N6O3S2. The van der Waals surface area contributed by atoms with E-state index in [1.807, 2.05) is 6.07 Å². The molecule has 2 atom stereocenters. The first-order valence-electron chi connectivity index (χ1n) is 10.8. The number of fused-ring (bicyclic) bond motifs is 1. The third-order valence-corrected chi connectivity index (χ3v) is 8.13. The van der Waals surface area contributed by atoms with Gasteiger partial charge in [-0.1, -0.05) is 41.6 Å². The summed E-state index contributed by atoms with van der Waals surface area (Å²) >= 11 is 8.66. The number of benzene rings is 1. The van der Waals surface area contributed by atoms with E-state index in [0.29, 0.717) is 32.8 Å². The monoisotopic (exact) mass is 552 g/mol. The van der Waals surface area contributed by atoms with Crippen molar-refractivity contribution in [1.29, 1.82) is 0 Å². The number of alkyl halides is 2. The second kappa shape index (κ2) is 10.2. The van der Waals surface area contributed by atoms with Crippen LogP contribution in [0, 0.1) is 5.92 Å². The van der Waals surface area contributed by atoms with Crippen molar-refractivity contribution in [2.45, 2.75) is 18.5 Å². The van der Waals surface area contributed by atoms with Gasteiger partial charge < -0.3 is 15.4 Å². The minimum Gasteiger partial charge on any atom is -0.378 e. The van der Waals surface area contributed by atoms with Crippen LogP contribution < -0.4 is 10.6 Å². The van der Waals surface area contributed by atoms with Gasteiger partial charge in [0.15, 0.2) is 10.9 Å². The maximum absolute atomic E-state index is 12.9. The van der Waals surface area contributed by atoms with E-state index in [1.54, 1.807) is 29.6 Å². The summed E-state index contributed by atoms with van der Waals surface area (Å²) < 4.78 is 31.8. The number of amidine groups is 1. The summed E-state index contributed by atoms with van der Waals surface area (Å²) in [6.45, 7) is -2.06. The van der Waals surface area contributed by atoms with Crippen LogP contribution in [0.2, 0.25) is 5.02 Å². The molecule has 0 saturated carbocycles. The number of carbonyl (C=O) groups is 2. The number of nitrogens with zero attached hydrogens (tertiary/aromatic N) is 4. The Morgan fingerprint density at radius 3 is 2.78 bits per heavy atom. The fourth-order valence-electron chi connectivity index (χ4n) is 3.98. The predicted octanol–water partition coefficient (Wildman–Crippen LogP) is 4.41. The number of aromatic nitrogens is 3. The highest BCUT2D eigenvalue weighted by Crippen LogP contribution is 2.46. The molecule has 0 bridgehead atoms. The largest absolute Gasteiger partial charge is 0.378 e. The molecule has 2 aromatic heterocycles. The van der Waals surface area contributed by atoms with Crippen molar-refractivity contribution in [3.8, 4) is 0 Å². The topological polar surface area (TPSA) is 110 Å². The Kier molecular flexibility index (Phi) is 7.06. The lowest BCUT2D eigenvalue weighted by Gasteiger charge is -2.42. The van der Waals surface area contributed by atoms with Crippen LogP contribution in [0.4, 0.5) is 14.6 Å². The number of thiazole rings is 1. The van der Waals surface area contributed by atoms with E-state index >= 15 is 0 Å². The van der Waals surface area contributed by atoms with Gasteiger partial charge in [-0.15, -0.1) is 11.3 Å². The zero-order chi connectivity index (χ0) is 25.3. The number of rotatable bonds is 5. The van der Waals surface area contributed by atoms with E-state index in [2.05, 4.69) is 20.7 Å². The molecule has 0 spiro atoms. The van der Waals surface area contributed by atoms with Gasteiger partial charge in [-0.25, -0.2) is 14.7 Å². The predicted molar refractivity (Wildman–Crippen MR) is 133 cm³/mol. The summed E-state index contributed by atoms with van der Waals surface area (Å²) in [5, 5.41) is 11.5.